The van der Waals surface area contributed by atoms with Gasteiger partial charge in [-0.25, -0.2) is 0 Å². The lowest BCUT2D eigenvalue weighted by Crippen LogP contribution is -2.13. The van der Waals surface area contributed by atoms with Crippen LogP contribution < -0.4 is 0 Å². The third-order valence-electron chi connectivity index (χ3n) is 1.47. The fraction of sp³-hybridized carbons (Fsp3) is 0.400. The van der Waals surface area contributed by atoms with Gasteiger partial charge in [-0.2, -0.15) is 8.42 Å². The van der Waals surface area contributed by atoms with E-state index in [9.17, 15) is 13.0 Å². The molecule has 0 heterocycles. The van der Waals surface area contributed by atoms with Gasteiger partial charge in [-0.3, -0.25) is 4.18 Å². The van der Waals surface area contributed by atoms with E-state index in [4.69, 9.17) is 19.3 Å². The maximum atomic E-state index is 12.0. The van der Waals surface area contributed by atoms with E-state index in [-0.39, 0.29) is 12.3 Å². The van der Waals surface area contributed by atoms with Crippen LogP contribution in [0.3, 0.4) is 0 Å². The summed E-state index contributed by atoms with van der Waals surface area (Å²) >= 11 is 0. The lowest BCUT2D eigenvalue weighted by Gasteiger charge is -2.12. The average molecular weight is 258 g/mol. The van der Waals surface area contributed by atoms with Gasteiger partial charge < -0.3 is 4.57 Å². The lowest BCUT2D eigenvalue weighted by molar-refractivity contribution is 0.366. The van der Waals surface area contributed by atoms with Gasteiger partial charge in [-0.05, 0) is 0 Å². The van der Waals surface area contributed by atoms with E-state index < -0.39 is 29.4 Å². The van der Waals surface area contributed by atoms with Crippen molar-refractivity contribution in [2.24, 2.45) is 0 Å². The first-order chi connectivity index (χ1) is 7.39. The molecule has 0 rings (SSSR count). The monoisotopic (exact) mass is 258 g/mol. The largest absolute Gasteiger partial charge is 0.320 e. The fourth-order valence-electron chi connectivity index (χ4n) is 0.929. The summed E-state index contributed by atoms with van der Waals surface area (Å²) in [6, 6.07) is 0. The first kappa shape index (κ1) is 14.8. The molecule has 0 bridgehead atoms. The molecule has 0 saturated carbocycles. The zero-order valence-electron chi connectivity index (χ0n) is 8.55. The Morgan fingerprint density at radius 2 is 1.56 bits per heavy atom. The molecule has 0 fully saturated rings. The van der Waals surface area contributed by atoms with E-state index in [0.717, 1.165) is 0 Å². The molecule has 0 saturated heterocycles. The van der Waals surface area contributed by atoms with Gasteiger partial charge in [0.15, 0.2) is 0 Å². The zero-order valence-corrected chi connectivity index (χ0v) is 10.3. The second-order valence-corrected chi connectivity index (χ2v) is 8.07. The Bertz CT molecular complexity index is 478. The molecule has 0 aromatic heterocycles. The van der Waals surface area contributed by atoms with Crippen LogP contribution in [0.2, 0.25) is 0 Å². The second-order valence-electron chi connectivity index (χ2n) is 2.94. The molecule has 16 heavy (non-hydrogen) atoms. The summed E-state index contributed by atoms with van der Waals surface area (Å²) in [5.74, 6) is 6.31. The molecule has 6 heteroatoms. The van der Waals surface area contributed by atoms with Crippen LogP contribution in [0.15, 0.2) is 0 Å². The van der Waals surface area contributed by atoms with Crippen LogP contribution in [-0.4, -0.2) is 32.8 Å². The van der Waals surface area contributed by atoms with Crippen molar-refractivity contribution in [3.05, 3.63) is 0 Å². The first-order valence-electron chi connectivity index (χ1n) is 4.14. The minimum atomic E-state index is -3.94. The van der Waals surface area contributed by atoms with Crippen molar-refractivity contribution in [1.82, 2.24) is 0 Å². The van der Waals surface area contributed by atoms with Crippen molar-refractivity contribution in [2.45, 2.75) is 0 Å². The minimum Gasteiger partial charge on any atom is -0.320 e. The zero-order chi connectivity index (χ0) is 12.7. The molecule has 0 amide bonds. The number of hydrogen-bond acceptors (Lipinski definition) is 4. The minimum absolute atomic E-state index is 0.171. The lowest BCUT2D eigenvalue weighted by atomic mass is 10.8. The smallest absolute Gasteiger partial charge is 0.275 e. The van der Waals surface area contributed by atoms with Gasteiger partial charge >= 0.3 is 0 Å². The van der Waals surface area contributed by atoms with Gasteiger partial charge in [-0.15, -0.1) is 19.3 Å². The van der Waals surface area contributed by atoms with E-state index in [2.05, 4.69) is 16.0 Å². The highest BCUT2D eigenvalue weighted by Crippen LogP contribution is 2.45. The Hall–Kier alpha value is -1.18. The Morgan fingerprint density at radius 1 is 1.06 bits per heavy atom. The molecule has 0 aliphatic carbocycles. The molecule has 4 nitrogen and oxygen atoms in total. The predicted octanol–water partition coefficient (Wildman–Crippen LogP) is 0.553. The molecule has 86 valence electrons. The maximum Gasteiger partial charge on any atom is 0.275 e. The highest BCUT2D eigenvalue weighted by atomic mass is 32.2. The van der Waals surface area contributed by atoms with E-state index >= 15 is 0 Å². The van der Waals surface area contributed by atoms with Crippen LogP contribution in [0.4, 0.5) is 0 Å². The van der Waals surface area contributed by atoms with Crippen LogP contribution in [0.25, 0.3) is 0 Å². The van der Waals surface area contributed by atoms with Gasteiger partial charge in [0.05, 0.1) is 12.3 Å². The Morgan fingerprint density at radius 3 is 1.94 bits per heavy atom. The molecule has 0 aliphatic rings. The summed E-state index contributed by atoms with van der Waals surface area (Å²) in [4.78, 5) is 0. The Labute approximate surface area is 96.3 Å². The molecule has 0 aromatic carbocycles. The number of terminal acetylenes is 3. The maximum absolute atomic E-state index is 12.0. The van der Waals surface area contributed by atoms with Gasteiger partial charge in [0.2, 0.25) is 0 Å². The Kier molecular flexibility index (Phi) is 5.94. The highest BCUT2D eigenvalue weighted by molar-refractivity contribution is 7.95. The Balaban J connectivity index is 4.80. The van der Waals surface area contributed by atoms with Crippen molar-refractivity contribution >= 4 is 17.3 Å². The molecule has 0 unspecified atom stereocenters. The van der Waals surface area contributed by atoms with Gasteiger partial charge in [0.1, 0.15) is 19.2 Å². The quantitative estimate of drug-likeness (QED) is 0.396. The van der Waals surface area contributed by atoms with Crippen LogP contribution in [0.1, 0.15) is 0 Å². The molecular formula is C10H11O4PS. The molecule has 0 radical (unpaired) electrons. The van der Waals surface area contributed by atoms with Crippen molar-refractivity contribution in [1.29, 1.82) is 0 Å². The molecule has 0 spiro atoms. The average Bonchev–Trinajstić information content (AvgIpc) is 2.14. The summed E-state index contributed by atoms with van der Waals surface area (Å²) in [7, 11) is -7.08. The fourth-order valence-corrected chi connectivity index (χ4v) is 5.29. The van der Waals surface area contributed by atoms with Crippen LogP contribution in [0, 0.1) is 37.0 Å². The molecule has 0 aliphatic heterocycles. The molecular weight excluding hydrogens is 247 g/mol. The molecule has 0 atom stereocenters. The first-order valence-corrected chi connectivity index (χ1v) is 7.98. The summed E-state index contributed by atoms with van der Waals surface area (Å²) in [5, 5.41) is 0. The van der Waals surface area contributed by atoms with E-state index in [1.54, 1.807) is 0 Å². The summed E-state index contributed by atoms with van der Waals surface area (Å²) in [6.07, 6.45) is 14.5. The van der Waals surface area contributed by atoms with E-state index in [0.29, 0.717) is 0 Å². The van der Waals surface area contributed by atoms with Crippen LogP contribution in [-0.2, 0) is 18.9 Å². The highest BCUT2D eigenvalue weighted by Gasteiger charge is 2.28. The summed E-state index contributed by atoms with van der Waals surface area (Å²) in [5.41, 5.74) is -0.671. The SMILES string of the molecule is C#CCOS(=O)(=O)CP(=O)(CC#C)CC#C. The standard InChI is InChI=1S/C10H11O4PS/c1-4-7-14-16(12,13)10-15(11,8-5-2)9-6-3/h1-3H,7-10H2. The van der Waals surface area contributed by atoms with Crippen LogP contribution >= 0.6 is 7.14 Å². The van der Waals surface area contributed by atoms with Crippen molar-refractivity contribution < 1.29 is 17.2 Å². The number of hydrogen-bond donors (Lipinski definition) is 0. The van der Waals surface area contributed by atoms with Gasteiger partial charge in [0, 0.05) is 0 Å². The topological polar surface area (TPSA) is 60.4 Å². The summed E-state index contributed by atoms with van der Waals surface area (Å²) < 4.78 is 39.0. The van der Waals surface area contributed by atoms with Crippen molar-refractivity contribution in [2.75, 3.05) is 24.4 Å². The molecule has 0 N–H and O–H groups in total. The second kappa shape index (κ2) is 6.41. The van der Waals surface area contributed by atoms with Crippen molar-refractivity contribution in [3.8, 4) is 37.0 Å². The predicted molar refractivity (Wildman–Crippen MR) is 63.6 cm³/mol. The van der Waals surface area contributed by atoms with E-state index in [1.165, 1.54) is 0 Å². The van der Waals surface area contributed by atoms with E-state index in [1.807, 2.05) is 5.92 Å². The van der Waals surface area contributed by atoms with Crippen molar-refractivity contribution in [3.63, 3.8) is 0 Å². The van der Waals surface area contributed by atoms with Crippen LogP contribution in [0.5, 0.6) is 0 Å². The normalized spacial score (nSPS) is 11.1. The van der Waals surface area contributed by atoms with Gasteiger partial charge in [-0.1, -0.05) is 17.8 Å². The van der Waals surface area contributed by atoms with Gasteiger partial charge in [0.25, 0.3) is 10.1 Å². The third-order valence-corrected chi connectivity index (χ3v) is 6.62. The third kappa shape index (κ3) is 5.64. The summed E-state index contributed by atoms with van der Waals surface area (Å²) in [6.45, 7) is -0.394. The molecule has 0 aromatic rings. The number of rotatable bonds is 6.